The number of carbonyl (C=O) groups is 2. The quantitative estimate of drug-likeness (QED) is 0.369. The Morgan fingerprint density at radius 3 is 2.60 bits per heavy atom. The van der Waals surface area contributed by atoms with Crippen molar-refractivity contribution in [3.63, 3.8) is 0 Å². The van der Waals surface area contributed by atoms with Crippen molar-refractivity contribution >= 4 is 43.9 Å². The van der Waals surface area contributed by atoms with Crippen LogP contribution >= 0.6 is 0 Å². The molecule has 1 unspecified atom stereocenters. The number of hydrogen-bond donors (Lipinski definition) is 1. The lowest BCUT2D eigenvalue weighted by molar-refractivity contribution is -0.155. The van der Waals surface area contributed by atoms with Gasteiger partial charge in [-0.3, -0.25) is 9.78 Å². The molecule has 5 rings (SSSR count). The summed E-state index contributed by atoms with van der Waals surface area (Å²) in [5.41, 5.74) is 3.66. The van der Waals surface area contributed by atoms with E-state index < -0.39 is 33.4 Å². The number of rotatable bonds is 6. The van der Waals surface area contributed by atoms with Crippen LogP contribution in [0.15, 0.2) is 95.1 Å². The molecule has 1 atom stereocenters. The van der Waals surface area contributed by atoms with Gasteiger partial charge in [0.2, 0.25) is 0 Å². The Hall–Kier alpha value is -4.54. The van der Waals surface area contributed by atoms with Gasteiger partial charge in [0.25, 0.3) is 5.91 Å². The van der Waals surface area contributed by atoms with E-state index in [1.165, 1.54) is 23.1 Å². The minimum absolute atomic E-state index is 0.0310. The summed E-state index contributed by atoms with van der Waals surface area (Å²) in [6.45, 7) is 12.0. The third-order valence-corrected chi connectivity index (χ3v) is 8.75. The summed E-state index contributed by atoms with van der Waals surface area (Å²) in [6, 6.07) is 11.8. The van der Waals surface area contributed by atoms with Crippen LogP contribution in [0.25, 0.3) is 16.5 Å². The van der Waals surface area contributed by atoms with E-state index in [1.54, 1.807) is 58.2 Å². The second-order valence-corrected chi connectivity index (χ2v) is 14.1. The number of sulfone groups is 1. The number of carboxylic acid groups (broad SMARTS) is 1. The maximum atomic E-state index is 13.6. The Labute approximate surface area is 263 Å². The van der Waals surface area contributed by atoms with Gasteiger partial charge in [-0.25, -0.2) is 13.2 Å². The lowest BCUT2D eigenvalue weighted by Crippen LogP contribution is -2.36. The van der Waals surface area contributed by atoms with Crippen LogP contribution in [-0.2, 0) is 30.6 Å². The predicted molar refractivity (Wildman–Crippen MR) is 174 cm³/mol. The SMILES string of the molecule is C=C1/C=C\C(=O)N(c2cccc(S(C)(=O)=O)c2)C/C=C(/C)C(C(OC(C)(C)C)C(=O)O)=C1c1ccc2c3c(ccnc13)CCO2. The van der Waals surface area contributed by atoms with E-state index in [-0.39, 0.29) is 11.4 Å². The van der Waals surface area contributed by atoms with E-state index >= 15 is 0 Å². The molecule has 0 bridgehead atoms. The zero-order valence-electron chi connectivity index (χ0n) is 26.0. The summed E-state index contributed by atoms with van der Waals surface area (Å²) >= 11 is 0. The Balaban J connectivity index is 1.79. The second kappa shape index (κ2) is 12.1. The number of anilines is 1. The standard InChI is InChI=1S/C35H36N2O7S/c1-21-10-13-28(38)37(24-8-7-9-25(20-24)45(6,41)42)18-15-22(2)30(33(34(39)40)44-35(3,4)5)29(21)26-11-12-27-31-23(16-19-43-27)14-17-36-32(26)31/h7-15,17,20,33H,1,16,18-19H2,2-6H3,(H,39,40)/b13-10-,22-15-,30-29?. The van der Waals surface area contributed by atoms with E-state index in [2.05, 4.69) is 6.58 Å². The van der Waals surface area contributed by atoms with Crippen molar-refractivity contribution in [2.45, 2.75) is 50.7 Å². The highest BCUT2D eigenvalue weighted by Gasteiger charge is 2.34. The van der Waals surface area contributed by atoms with E-state index in [9.17, 15) is 23.1 Å². The maximum Gasteiger partial charge on any atom is 0.337 e. The number of ether oxygens (including phenoxy) is 2. The fraction of sp³-hybridized carbons (Fsp3) is 0.286. The second-order valence-electron chi connectivity index (χ2n) is 12.1. The third-order valence-electron chi connectivity index (χ3n) is 7.64. The molecule has 0 saturated carbocycles. The van der Waals surface area contributed by atoms with Crippen LogP contribution in [-0.4, -0.2) is 61.5 Å². The third kappa shape index (κ3) is 6.62. The van der Waals surface area contributed by atoms with Crippen LogP contribution in [0.3, 0.4) is 0 Å². The largest absolute Gasteiger partial charge is 0.493 e. The molecule has 45 heavy (non-hydrogen) atoms. The summed E-state index contributed by atoms with van der Waals surface area (Å²) < 4.78 is 36.7. The highest BCUT2D eigenvalue weighted by Crippen LogP contribution is 2.42. The highest BCUT2D eigenvalue weighted by atomic mass is 32.2. The smallest absolute Gasteiger partial charge is 0.337 e. The van der Waals surface area contributed by atoms with Crippen molar-refractivity contribution in [2.75, 3.05) is 24.3 Å². The molecule has 10 heteroatoms. The molecule has 3 heterocycles. The number of benzene rings is 2. The Kier molecular flexibility index (Phi) is 8.57. The number of aliphatic carboxylic acids is 1. The van der Waals surface area contributed by atoms with Gasteiger partial charge < -0.3 is 19.5 Å². The summed E-state index contributed by atoms with van der Waals surface area (Å²) in [7, 11) is -3.53. The van der Waals surface area contributed by atoms with Gasteiger partial charge in [0.05, 0.1) is 22.6 Å². The molecule has 0 aliphatic carbocycles. The van der Waals surface area contributed by atoms with Gasteiger partial charge in [0.1, 0.15) is 5.75 Å². The zero-order chi connectivity index (χ0) is 32.7. The fourth-order valence-corrected chi connectivity index (χ4v) is 6.26. The summed E-state index contributed by atoms with van der Waals surface area (Å²) in [5.74, 6) is -0.897. The van der Waals surface area contributed by atoms with Gasteiger partial charge in [-0.15, -0.1) is 0 Å². The Bertz CT molecular complexity index is 1920. The molecule has 234 valence electrons. The Morgan fingerprint density at radius 2 is 1.91 bits per heavy atom. The lowest BCUT2D eigenvalue weighted by atomic mass is 9.84. The van der Waals surface area contributed by atoms with Gasteiger partial charge in [0, 0.05) is 53.7 Å². The van der Waals surface area contributed by atoms with Crippen molar-refractivity contribution in [3.05, 3.63) is 101 Å². The van der Waals surface area contributed by atoms with Gasteiger partial charge in [0.15, 0.2) is 15.9 Å². The summed E-state index contributed by atoms with van der Waals surface area (Å²) in [4.78, 5) is 32.8. The molecule has 1 aromatic heterocycles. The van der Waals surface area contributed by atoms with Gasteiger partial charge >= 0.3 is 5.97 Å². The first kappa shape index (κ1) is 31.9. The van der Waals surface area contributed by atoms with Gasteiger partial charge in [-0.05, 0) is 92.5 Å². The van der Waals surface area contributed by atoms with E-state index in [0.717, 1.165) is 17.2 Å². The number of amides is 1. The molecule has 3 aromatic rings. The van der Waals surface area contributed by atoms with E-state index in [0.29, 0.717) is 57.8 Å². The van der Waals surface area contributed by atoms with E-state index in [1.807, 2.05) is 18.2 Å². The number of carbonyl (C=O) groups excluding carboxylic acids is 1. The maximum absolute atomic E-state index is 13.6. The number of aromatic nitrogens is 1. The number of allylic oxidation sites excluding steroid dienone is 3. The van der Waals surface area contributed by atoms with Crippen LogP contribution in [0, 0.1) is 0 Å². The first-order valence-electron chi connectivity index (χ1n) is 14.5. The van der Waals surface area contributed by atoms with Gasteiger partial charge in [-0.2, -0.15) is 0 Å². The molecule has 1 N–H and O–H groups in total. The normalized spacial score (nSPS) is 18.7. The first-order valence-corrected chi connectivity index (χ1v) is 16.4. The monoisotopic (exact) mass is 628 g/mol. The number of hydrogen-bond acceptors (Lipinski definition) is 7. The van der Waals surface area contributed by atoms with Crippen molar-refractivity contribution in [2.24, 2.45) is 0 Å². The molecular weight excluding hydrogens is 592 g/mol. The van der Waals surface area contributed by atoms with Crippen LogP contribution < -0.4 is 9.64 Å². The summed E-state index contributed by atoms with van der Waals surface area (Å²) in [5, 5.41) is 11.4. The number of carboxylic acids is 1. The Morgan fingerprint density at radius 1 is 1.16 bits per heavy atom. The molecule has 9 nitrogen and oxygen atoms in total. The molecule has 0 spiro atoms. The van der Waals surface area contributed by atoms with Crippen molar-refractivity contribution in [3.8, 4) is 5.75 Å². The van der Waals surface area contributed by atoms with Crippen molar-refractivity contribution < 1.29 is 32.6 Å². The van der Waals surface area contributed by atoms with E-state index in [4.69, 9.17) is 14.5 Å². The molecule has 0 saturated heterocycles. The number of pyridine rings is 1. The molecule has 2 aliphatic heterocycles. The molecule has 1 amide bonds. The fourth-order valence-electron chi connectivity index (χ4n) is 5.60. The summed E-state index contributed by atoms with van der Waals surface area (Å²) in [6.07, 6.45) is 6.78. The molecule has 2 aromatic carbocycles. The van der Waals surface area contributed by atoms with Gasteiger partial charge in [-0.1, -0.05) is 18.7 Å². The van der Waals surface area contributed by atoms with Crippen molar-refractivity contribution in [1.82, 2.24) is 4.98 Å². The minimum Gasteiger partial charge on any atom is -0.493 e. The first-order chi connectivity index (χ1) is 21.2. The predicted octanol–water partition coefficient (Wildman–Crippen LogP) is 5.70. The van der Waals surface area contributed by atoms with Crippen LogP contribution in [0.5, 0.6) is 5.75 Å². The van der Waals surface area contributed by atoms with Crippen LogP contribution in [0.2, 0.25) is 0 Å². The lowest BCUT2D eigenvalue weighted by Gasteiger charge is -2.30. The average Bonchev–Trinajstić information content (AvgIpc) is 2.97. The molecule has 0 fully saturated rings. The molecule has 2 aliphatic rings. The molecule has 0 radical (unpaired) electrons. The number of nitrogens with zero attached hydrogens (tertiary/aromatic N) is 2. The highest BCUT2D eigenvalue weighted by molar-refractivity contribution is 7.90. The molecular formula is C35H36N2O7S. The average molecular weight is 629 g/mol. The zero-order valence-corrected chi connectivity index (χ0v) is 26.8. The minimum atomic E-state index is -3.53. The van der Waals surface area contributed by atoms with Crippen LogP contribution in [0.4, 0.5) is 5.69 Å². The van der Waals surface area contributed by atoms with Crippen LogP contribution in [0.1, 0.15) is 38.8 Å². The van der Waals surface area contributed by atoms with Crippen molar-refractivity contribution in [1.29, 1.82) is 0 Å². The topological polar surface area (TPSA) is 123 Å².